The van der Waals surface area contributed by atoms with Gasteiger partial charge in [-0.05, 0) is 55.3 Å². The first-order valence-corrected chi connectivity index (χ1v) is 7.27. The minimum Gasteiger partial charge on any atom is -0.464 e. The molecule has 0 radical (unpaired) electrons. The number of amides is 1. The van der Waals surface area contributed by atoms with Crippen LogP contribution in [0.1, 0.15) is 33.0 Å². The van der Waals surface area contributed by atoms with E-state index in [1.54, 1.807) is 11.9 Å². The van der Waals surface area contributed by atoms with Crippen LogP contribution < -0.4 is 5.32 Å². The van der Waals surface area contributed by atoms with Gasteiger partial charge in [-0.1, -0.05) is 6.07 Å². The van der Waals surface area contributed by atoms with E-state index >= 15 is 0 Å². The van der Waals surface area contributed by atoms with Crippen molar-refractivity contribution in [2.45, 2.75) is 26.4 Å². The van der Waals surface area contributed by atoms with Gasteiger partial charge in [-0.15, -0.1) is 0 Å². The van der Waals surface area contributed by atoms with E-state index in [2.05, 4.69) is 11.4 Å². The summed E-state index contributed by atoms with van der Waals surface area (Å²) in [4.78, 5) is 14.2. The van der Waals surface area contributed by atoms with Crippen LogP contribution in [0.25, 0.3) is 0 Å². The predicted molar refractivity (Wildman–Crippen MR) is 81.1 cm³/mol. The normalized spacial score (nSPS) is 13.8. The molecule has 1 aliphatic heterocycles. The Kier molecular flexibility index (Phi) is 3.80. The molecule has 1 aromatic heterocycles. The zero-order valence-corrected chi connectivity index (χ0v) is 12.5. The fourth-order valence-electron chi connectivity index (χ4n) is 2.71. The Morgan fingerprint density at radius 1 is 1.29 bits per heavy atom. The molecule has 0 fully saturated rings. The van der Waals surface area contributed by atoms with Crippen LogP contribution in [0.15, 0.2) is 34.7 Å². The maximum absolute atomic E-state index is 12.5. The van der Waals surface area contributed by atoms with Gasteiger partial charge in [0, 0.05) is 19.2 Å². The fourth-order valence-corrected chi connectivity index (χ4v) is 2.71. The van der Waals surface area contributed by atoms with Crippen molar-refractivity contribution >= 4 is 5.91 Å². The highest BCUT2D eigenvalue weighted by Crippen LogP contribution is 2.18. The van der Waals surface area contributed by atoms with Crippen molar-refractivity contribution in [2.24, 2.45) is 0 Å². The van der Waals surface area contributed by atoms with Crippen LogP contribution in [-0.4, -0.2) is 24.4 Å². The van der Waals surface area contributed by atoms with Crippen molar-refractivity contribution in [1.29, 1.82) is 0 Å². The average molecular weight is 284 g/mol. The Morgan fingerprint density at radius 2 is 2.14 bits per heavy atom. The summed E-state index contributed by atoms with van der Waals surface area (Å²) in [5, 5.41) is 3.34. The van der Waals surface area contributed by atoms with Crippen LogP contribution in [0.5, 0.6) is 0 Å². The van der Waals surface area contributed by atoms with Gasteiger partial charge in [0.15, 0.2) is 0 Å². The summed E-state index contributed by atoms with van der Waals surface area (Å²) in [5.74, 6) is 1.70. The summed E-state index contributed by atoms with van der Waals surface area (Å²) >= 11 is 0. The Bertz CT molecular complexity index is 661. The molecule has 0 atom stereocenters. The van der Waals surface area contributed by atoms with E-state index in [0.717, 1.165) is 36.6 Å². The van der Waals surface area contributed by atoms with Crippen molar-refractivity contribution in [1.82, 2.24) is 10.2 Å². The molecule has 0 unspecified atom stereocenters. The van der Waals surface area contributed by atoms with Gasteiger partial charge in [-0.25, -0.2) is 0 Å². The van der Waals surface area contributed by atoms with Gasteiger partial charge in [-0.2, -0.15) is 0 Å². The lowest BCUT2D eigenvalue weighted by Crippen LogP contribution is -2.27. The highest BCUT2D eigenvalue weighted by Gasteiger charge is 2.16. The van der Waals surface area contributed by atoms with Gasteiger partial charge >= 0.3 is 0 Å². The topological polar surface area (TPSA) is 45.5 Å². The summed E-state index contributed by atoms with van der Waals surface area (Å²) in [7, 11) is 1.80. The summed E-state index contributed by atoms with van der Waals surface area (Å²) < 4.78 is 5.53. The van der Waals surface area contributed by atoms with Gasteiger partial charge in [0.1, 0.15) is 11.5 Å². The second-order valence-corrected chi connectivity index (χ2v) is 5.58. The Labute approximate surface area is 124 Å². The molecule has 21 heavy (non-hydrogen) atoms. The van der Waals surface area contributed by atoms with Crippen molar-refractivity contribution in [2.75, 3.05) is 13.6 Å². The second-order valence-electron chi connectivity index (χ2n) is 5.58. The average Bonchev–Trinajstić information content (AvgIpc) is 2.91. The van der Waals surface area contributed by atoms with E-state index in [1.165, 1.54) is 11.1 Å². The molecule has 2 heterocycles. The zero-order valence-electron chi connectivity index (χ0n) is 12.5. The number of hydrogen-bond acceptors (Lipinski definition) is 3. The lowest BCUT2D eigenvalue weighted by atomic mass is 9.98. The Hall–Kier alpha value is -2.07. The van der Waals surface area contributed by atoms with E-state index < -0.39 is 0 Å². The van der Waals surface area contributed by atoms with Crippen LogP contribution in [0.3, 0.4) is 0 Å². The van der Waals surface area contributed by atoms with Gasteiger partial charge in [0.25, 0.3) is 5.91 Å². The van der Waals surface area contributed by atoms with Crippen molar-refractivity contribution < 1.29 is 9.21 Å². The third kappa shape index (κ3) is 3.00. The summed E-state index contributed by atoms with van der Waals surface area (Å²) in [5.41, 5.74) is 3.31. The van der Waals surface area contributed by atoms with Crippen LogP contribution in [0.4, 0.5) is 0 Å². The Balaban J connectivity index is 1.75. The molecule has 2 aromatic rings. The molecular weight excluding hydrogens is 264 g/mol. The number of rotatable bonds is 3. The molecule has 1 aromatic carbocycles. The Morgan fingerprint density at radius 3 is 2.90 bits per heavy atom. The minimum absolute atomic E-state index is 0.0254. The van der Waals surface area contributed by atoms with Crippen LogP contribution in [-0.2, 0) is 19.5 Å². The minimum atomic E-state index is 0.0254. The van der Waals surface area contributed by atoms with Gasteiger partial charge in [0.05, 0.1) is 6.54 Å². The molecule has 1 N–H and O–H groups in total. The molecule has 0 saturated heterocycles. The van der Waals surface area contributed by atoms with E-state index in [1.807, 2.05) is 31.2 Å². The highest BCUT2D eigenvalue weighted by atomic mass is 16.3. The predicted octanol–water partition coefficient (Wildman–Crippen LogP) is 2.51. The fraction of sp³-hybridized carbons (Fsp3) is 0.353. The third-order valence-electron chi connectivity index (χ3n) is 3.88. The van der Waals surface area contributed by atoms with Crippen molar-refractivity contribution in [3.63, 3.8) is 0 Å². The SMILES string of the molecule is Cc1ccc(CN(C)C(=O)c2ccc3c(c2)CNCC3)o1. The molecule has 1 amide bonds. The summed E-state index contributed by atoms with van der Waals surface area (Å²) in [6.07, 6.45) is 1.03. The molecule has 110 valence electrons. The summed E-state index contributed by atoms with van der Waals surface area (Å²) in [6, 6.07) is 9.84. The standard InChI is InChI=1S/C17H20N2O2/c1-12-3-6-16(21-12)11-19(2)17(20)14-5-4-13-7-8-18-10-15(13)9-14/h3-6,9,18H,7-8,10-11H2,1-2H3. The molecule has 4 nitrogen and oxygen atoms in total. The lowest BCUT2D eigenvalue weighted by Gasteiger charge is -2.20. The quantitative estimate of drug-likeness (QED) is 0.942. The number of fused-ring (bicyclic) bond motifs is 1. The first-order valence-electron chi connectivity index (χ1n) is 7.27. The smallest absolute Gasteiger partial charge is 0.254 e. The van der Waals surface area contributed by atoms with E-state index in [-0.39, 0.29) is 5.91 Å². The summed E-state index contributed by atoms with van der Waals surface area (Å²) in [6.45, 7) is 4.25. The maximum atomic E-state index is 12.5. The molecule has 1 aliphatic rings. The first kappa shape index (κ1) is 13.9. The number of furan rings is 1. The molecule has 0 bridgehead atoms. The largest absolute Gasteiger partial charge is 0.464 e. The molecule has 3 rings (SSSR count). The molecule has 4 heteroatoms. The maximum Gasteiger partial charge on any atom is 0.254 e. The number of carbonyl (C=O) groups is 1. The number of benzene rings is 1. The number of hydrogen-bond donors (Lipinski definition) is 1. The van der Waals surface area contributed by atoms with Gasteiger partial charge in [-0.3, -0.25) is 4.79 Å². The number of nitrogens with zero attached hydrogens (tertiary/aromatic N) is 1. The van der Waals surface area contributed by atoms with Gasteiger partial charge in [0.2, 0.25) is 0 Å². The lowest BCUT2D eigenvalue weighted by molar-refractivity contribution is 0.0775. The van der Waals surface area contributed by atoms with Crippen LogP contribution in [0.2, 0.25) is 0 Å². The van der Waals surface area contributed by atoms with Crippen LogP contribution in [0, 0.1) is 6.92 Å². The second kappa shape index (κ2) is 5.74. The molecule has 0 aliphatic carbocycles. The van der Waals surface area contributed by atoms with E-state index in [4.69, 9.17) is 4.42 Å². The molecule has 0 saturated carbocycles. The van der Waals surface area contributed by atoms with Crippen LogP contribution >= 0.6 is 0 Å². The number of nitrogens with one attached hydrogen (secondary N) is 1. The first-order chi connectivity index (χ1) is 10.1. The van der Waals surface area contributed by atoms with E-state index in [0.29, 0.717) is 6.54 Å². The number of carbonyl (C=O) groups excluding carboxylic acids is 1. The van der Waals surface area contributed by atoms with E-state index in [9.17, 15) is 4.79 Å². The van der Waals surface area contributed by atoms with Crippen molar-refractivity contribution in [3.05, 3.63) is 58.5 Å². The van der Waals surface area contributed by atoms with Crippen molar-refractivity contribution in [3.8, 4) is 0 Å². The highest BCUT2D eigenvalue weighted by molar-refractivity contribution is 5.94. The molecular formula is C17H20N2O2. The molecule has 0 spiro atoms. The van der Waals surface area contributed by atoms with Gasteiger partial charge < -0.3 is 14.6 Å². The monoisotopic (exact) mass is 284 g/mol. The number of aryl methyl sites for hydroxylation is 1. The third-order valence-corrected chi connectivity index (χ3v) is 3.88. The zero-order chi connectivity index (χ0) is 14.8.